The molecule has 0 radical (unpaired) electrons. The van der Waals surface area contributed by atoms with E-state index in [4.69, 9.17) is 16.3 Å². The predicted octanol–water partition coefficient (Wildman–Crippen LogP) is 3.07. The summed E-state index contributed by atoms with van der Waals surface area (Å²) in [5, 5.41) is 4.48. The Morgan fingerprint density at radius 2 is 2.26 bits per heavy atom. The second-order valence-electron chi connectivity index (χ2n) is 4.61. The number of carbonyl (C=O) groups excluding carboxylic acids is 1. The summed E-state index contributed by atoms with van der Waals surface area (Å²) in [4.78, 5) is 14.2. The fourth-order valence-electron chi connectivity index (χ4n) is 2.12. The number of methoxy groups -OCH3 is 1. The molecule has 0 bridgehead atoms. The lowest BCUT2D eigenvalue weighted by atomic mass is 10.0. The molecule has 0 saturated carbocycles. The lowest BCUT2D eigenvalue weighted by Gasteiger charge is -2.11. The zero-order valence-corrected chi connectivity index (χ0v) is 12.0. The van der Waals surface area contributed by atoms with Crippen molar-refractivity contribution < 1.29 is 9.53 Å². The Hall–Kier alpha value is -1.68. The van der Waals surface area contributed by atoms with Crippen LogP contribution in [-0.4, -0.2) is 24.5 Å². The van der Waals surface area contributed by atoms with E-state index >= 15 is 0 Å². The normalized spacial score (nSPS) is 12.4. The summed E-state index contributed by atoms with van der Waals surface area (Å²) < 4.78 is 5.24. The average Bonchev–Trinajstić information content (AvgIpc) is 2.77. The van der Waals surface area contributed by atoms with Gasteiger partial charge in [-0.15, -0.1) is 0 Å². The highest BCUT2D eigenvalue weighted by atomic mass is 35.5. The van der Waals surface area contributed by atoms with Crippen LogP contribution in [0.5, 0.6) is 5.75 Å². The highest BCUT2D eigenvalue weighted by molar-refractivity contribution is 6.32. The van der Waals surface area contributed by atoms with Gasteiger partial charge in [-0.25, -0.2) is 0 Å². The van der Waals surface area contributed by atoms with Gasteiger partial charge in [-0.1, -0.05) is 18.5 Å². The Morgan fingerprint density at radius 3 is 2.89 bits per heavy atom. The van der Waals surface area contributed by atoms with Crippen LogP contribution in [0.15, 0.2) is 18.3 Å². The molecule has 0 spiro atoms. The molecular formula is C14H17ClN2O2. The van der Waals surface area contributed by atoms with E-state index in [2.05, 4.69) is 17.2 Å². The zero-order chi connectivity index (χ0) is 14.0. The van der Waals surface area contributed by atoms with Gasteiger partial charge in [-0.05, 0) is 17.7 Å². The Labute approximate surface area is 117 Å². The number of aromatic nitrogens is 1. The van der Waals surface area contributed by atoms with Crippen LogP contribution in [0.4, 0.5) is 0 Å². The third-order valence-corrected chi connectivity index (χ3v) is 3.47. The molecule has 0 fully saturated rings. The molecule has 0 aliphatic rings. The van der Waals surface area contributed by atoms with Crippen LogP contribution in [0.25, 0.3) is 10.9 Å². The number of halogens is 1. The van der Waals surface area contributed by atoms with Gasteiger partial charge in [0.25, 0.3) is 0 Å². The highest BCUT2D eigenvalue weighted by Gasteiger charge is 2.14. The van der Waals surface area contributed by atoms with Crippen molar-refractivity contribution >= 4 is 28.4 Å². The number of fused-ring (bicyclic) bond motifs is 1. The molecule has 5 heteroatoms. The number of hydrogen-bond donors (Lipinski definition) is 2. The van der Waals surface area contributed by atoms with Crippen LogP contribution < -0.4 is 10.1 Å². The number of ether oxygens (including phenoxy) is 1. The van der Waals surface area contributed by atoms with Crippen molar-refractivity contribution in [1.82, 2.24) is 10.3 Å². The number of rotatable bonds is 4. The third kappa shape index (κ3) is 2.84. The first-order valence-electron chi connectivity index (χ1n) is 6.12. The van der Waals surface area contributed by atoms with Crippen LogP contribution in [0, 0.1) is 0 Å². The number of hydrogen-bond acceptors (Lipinski definition) is 2. The first kappa shape index (κ1) is 13.7. The minimum Gasteiger partial charge on any atom is -0.495 e. The lowest BCUT2D eigenvalue weighted by molar-refractivity contribution is -0.119. The third-order valence-electron chi connectivity index (χ3n) is 3.17. The molecular weight excluding hydrogens is 264 g/mol. The van der Waals surface area contributed by atoms with Crippen LogP contribution in [0.3, 0.4) is 0 Å². The van der Waals surface area contributed by atoms with Crippen LogP contribution in [0.1, 0.15) is 25.3 Å². The molecule has 102 valence electrons. The molecule has 0 aliphatic carbocycles. The van der Waals surface area contributed by atoms with E-state index in [1.807, 2.05) is 18.3 Å². The molecule has 2 aromatic rings. The van der Waals surface area contributed by atoms with Crippen molar-refractivity contribution in [2.75, 3.05) is 13.7 Å². The molecule has 19 heavy (non-hydrogen) atoms. The average molecular weight is 281 g/mol. The first-order valence-corrected chi connectivity index (χ1v) is 6.49. The van der Waals surface area contributed by atoms with Crippen molar-refractivity contribution in [1.29, 1.82) is 0 Å². The molecule has 0 saturated heterocycles. The van der Waals surface area contributed by atoms with E-state index in [-0.39, 0.29) is 11.8 Å². The largest absolute Gasteiger partial charge is 0.495 e. The maximum atomic E-state index is 11.0. The highest BCUT2D eigenvalue weighted by Crippen LogP contribution is 2.33. The van der Waals surface area contributed by atoms with Gasteiger partial charge in [0, 0.05) is 36.5 Å². The van der Waals surface area contributed by atoms with E-state index in [1.165, 1.54) is 6.92 Å². The van der Waals surface area contributed by atoms with Gasteiger partial charge in [0.15, 0.2) is 0 Å². The number of benzene rings is 1. The van der Waals surface area contributed by atoms with Gasteiger partial charge in [-0.2, -0.15) is 0 Å². The zero-order valence-electron chi connectivity index (χ0n) is 11.2. The van der Waals surface area contributed by atoms with E-state index in [0.29, 0.717) is 17.3 Å². The molecule has 2 N–H and O–H groups in total. The number of carbonyl (C=O) groups is 1. The van der Waals surface area contributed by atoms with Crippen LogP contribution in [0.2, 0.25) is 5.02 Å². The fourth-order valence-corrected chi connectivity index (χ4v) is 2.36. The minimum absolute atomic E-state index is 0.0210. The van der Waals surface area contributed by atoms with Gasteiger partial charge < -0.3 is 15.0 Å². The van der Waals surface area contributed by atoms with Gasteiger partial charge >= 0.3 is 0 Å². The molecule has 2 rings (SSSR count). The lowest BCUT2D eigenvalue weighted by Crippen LogP contribution is -2.24. The van der Waals surface area contributed by atoms with Crippen molar-refractivity contribution in [3.63, 3.8) is 0 Å². The summed E-state index contributed by atoms with van der Waals surface area (Å²) in [6.45, 7) is 4.19. The Balaban J connectivity index is 2.35. The Bertz CT molecular complexity index is 607. The standard InChI is InChI=1S/C14H17ClN2O2/c1-8(6-16-9(2)18)11-7-17-13-5-12(15)14(19-3)4-10(11)13/h4-5,7-8,17H,6H2,1-3H3,(H,16,18)/t8-/m1/s1. The Morgan fingerprint density at radius 1 is 1.53 bits per heavy atom. The monoisotopic (exact) mass is 280 g/mol. The molecule has 4 nitrogen and oxygen atoms in total. The summed E-state index contributed by atoms with van der Waals surface area (Å²) in [6.07, 6.45) is 1.95. The first-order chi connectivity index (χ1) is 9.02. The van der Waals surface area contributed by atoms with Gasteiger partial charge in [0.05, 0.1) is 12.1 Å². The van der Waals surface area contributed by atoms with E-state index in [1.54, 1.807) is 7.11 Å². The Kier molecular flexibility index (Phi) is 4.00. The maximum absolute atomic E-state index is 11.0. The summed E-state index contributed by atoms with van der Waals surface area (Å²) in [7, 11) is 1.60. The maximum Gasteiger partial charge on any atom is 0.216 e. The molecule has 1 atom stereocenters. The quantitative estimate of drug-likeness (QED) is 0.904. The number of H-pyrrole nitrogens is 1. The summed E-state index contributed by atoms with van der Waals surface area (Å²) >= 11 is 6.09. The van der Waals surface area contributed by atoms with Gasteiger partial charge in [-0.3, -0.25) is 4.79 Å². The molecule has 1 amide bonds. The second-order valence-corrected chi connectivity index (χ2v) is 5.02. The molecule has 0 aliphatic heterocycles. The van der Waals surface area contributed by atoms with Crippen LogP contribution >= 0.6 is 11.6 Å². The SMILES string of the molecule is COc1cc2c([C@H](C)CNC(C)=O)c[nH]c2cc1Cl. The molecule has 1 aromatic carbocycles. The van der Waals surface area contributed by atoms with Crippen molar-refractivity contribution in [3.8, 4) is 5.75 Å². The van der Waals surface area contributed by atoms with Gasteiger partial charge in [0.1, 0.15) is 5.75 Å². The van der Waals surface area contributed by atoms with Gasteiger partial charge in [0.2, 0.25) is 5.91 Å². The second kappa shape index (κ2) is 5.53. The number of nitrogens with one attached hydrogen (secondary N) is 2. The number of amides is 1. The molecule has 1 aromatic heterocycles. The smallest absolute Gasteiger partial charge is 0.216 e. The topological polar surface area (TPSA) is 54.1 Å². The fraction of sp³-hybridized carbons (Fsp3) is 0.357. The van der Waals surface area contributed by atoms with Crippen molar-refractivity contribution in [2.45, 2.75) is 19.8 Å². The summed E-state index contributed by atoms with van der Waals surface area (Å²) in [6, 6.07) is 3.78. The van der Waals surface area contributed by atoms with Crippen molar-refractivity contribution in [2.24, 2.45) is 0 Å². The molecule has 0 unspecified atom stereocenters. The predicted molar refractivity (Wildman–Crippen MR) is 77.0 cm³/mol. The van der Waals surface area contributed by atoms with E-state index < -0.39 is 0 Å². The van der Waals surface area contributed by atoms with Crippen LogP contribution in [-0.2, 0) is 4.79 Å². The van der Waals surface area contributed by atoms with Crippen molar-refractivity contribution in [3.05, 3.63) is 28.9 Å². The summed E-state index contributed by atoms with van der Waals surface area (Å²) in [5.41, 5.74) is 2.11. The van der Waals surface area contributed by atoms with E-state index in [9.17, 15) is 4.79 Å². The molecule has 1 heterocycles. The summed E-state index contributed by atoms with van der Waals surface area (Å²) in [5.74, 6) is 0.845. The minimum atomic E-state index is -0.0210. The number of aromatic amines is 1. The van der Waals surface area contributed by atoms with E-state index in [0.717, 1.165) is 16.5 Å².